The minimum atomic E-state index is -2.67. The second kappa shape index (κ2) is 4.69. The van der Waals surface area contributed by atoms with Crippen LogP contribution in [0, 0.1) is 4.78 Å². The molecular formula is C13H21NO2S. The first-order valence-electron chi connectivity index (χ1n) is 5.67. The second-order valence-corrected chi connectivity index (χ2v) is 7.48. The molecule has 0 amide bonds. The highest BCUT2D eigenvalue weighted by Crippen LogP contribution is 2.33. The first-order chi connectivity index (χ1) is 7.72. The largest absolute Gasteiger partial charge is 0.496 e. The summed E-state index contributed by atoms with van der Waals surface area (Å²) >= 11 is 0. The molecule has 1 unspecified atom stereocenters. The number of hydrogen-bond acceptors (Lipinski definition) is 3. The third kappa shape index (κ3) is 3.00. The molecule has 0 radical (unpaired) electrons. The van der Waals surface area contributed by atoms with Crippen LogP contribution < -0.4 is 4.74 Å². The first kappa shape index (κ1) is 14.0. The summed E-state index contributed by atoms with van der Waals surface area (Å²) in [4.78, 5) is 0.546. The molecule has 0 bridgehead atoms. The number of hydrogen-bond donors (Lipinski definition) is 1. The molecule has 1 atom stereocenters. The smallest absolute Gasteiger partial charge is 0.123 e. The van der Waals surface area contributed by atoms with Gasteiger partial charge in [0.05, 0.1) is 21.7 Å². The van der Waals surface area contributed by atoms with Crippen LogP contribution in [0.2, 0.25) is 0 Å². The van der Waals surface area contributed by atoms with E-state index in [4.69, 9.17) is 9.52 Å². The Labute approximate surface area is 104 Å². The zero-order valence-corrected chi connectivity index (χ0v) is 12.0. The van der Waals surface area contributed by atoms with Crippen molar-refractivity contribution in [2.75, 3.05) is 12.9 Å². The van der Waals surface area contributed by atoms with Gasteiger partial charge in [-0.1, -0.05) is 33.8 Å². The van der Waals surface area contributed by atoms with Gasteiger partial charge in [-0.2, -0.15) is 0 Å². The predicted molar refractivity (Wildman–Crippen MR) is 71.4 cm³/mol. The lowest BCUT2D eigenvalue weighted by molar-refractivity contribution is 0.396. The number of methoxy groups -OCH3 is 1. The Morgan fingerprint density at radius 2 is 1.94 bits per heavy atom. The van der Waals surface area contributed by atoms with Gasteiger partial charge in [0.1, 0.15) is 5.75 Å². The van der Waals surface area contributed by atoms with Crippen molar-refractivity contribution in [2.24, 2.45) is 0 Å². The van der Waals surface area contributed by atoms with Crippen LogP contribution in [0.4, 0.5) is 0 Å². The predicted octanol–water partition coefficient (Wildman–Crippen LogP) is 3.42. The zero-order valence-electron chi connectivity index (χ0n) is 11.2. The average molecular weight is 255 g/mol. The fourth-order valence-electron chi connectivity index (χ4n) is 1.66. The van der Waals surface area contributed by atoms with Crippen LogP contribution in [0.5, 0.6) is 5.75 Å². The Morgan fingerprint density at radius 1 is 1.35 bits per heavy atom. The Morgan fingerprint density at radius 3 is 2.35 bits per heavy atom. The van der Waals surface area contributed by atoms with Crippen molar-refractivity contribution in [3.8, 4) is 5.75 Å². The highest BCUT2D eigenvalue weighted by Gasteiger charge is 2.20. The lowest BCUT2D eigenvalue weighted by Crippen LogP contribution is -2.13. The van der Waals surface area contributed by atoms with Crippen LogP contribution in [0.1, 0.15) is 33.3 Å². The molecule has 0 aliphatic heterocycles. The van der Waals surface area contributed by atoms with Crippen LogP contribution in [-0.4, -0.2) is 17.1 Å². The molecule has 1 N–H and O–H groups in total. The van der Waals surface area contributed by atoms with Crippen LogP contribution in [0.15, 0.2) is 23.1 Å². The van der Waals surface area contributed by atoms with E-state index < -0.39 is 9.73 Å². The molecule has 0 spiro atoms. The standard InChI is InChI=1S/C13H21NO2S/c1-6-17(14,15)10-7-8-11(13(2,3)4)12(9-10)16-5/h7-9,14H,6H2,1-5H3. The topological polar surface area (TPSA) is 50.2 Å². The SMILES string of the molecule is CCS(=N)(=O)c1ccc(C(C)(C)C)c(OC)c1. The molecule has 1 aromatic carbocycles. The molecule has 4 heteroatoms. The molecule has 0 saturated carbocycles. The summed E-state index contributed by atoms with van der Waals surface area (Å²) in [6.07, 6.45) is 0. The van der Waals surface area contributed by atoms with Gasteiger partial charge >= 0.3 is 0 Å². The second-order valence-electron chi connectivity index (χ2n) is 5.08. The van der Waals surface area contributed by atoms with Gasteiger partial charge in [0.15, 0.2) is 0 Å². The van der Waals surface area contributed by atoms with Gasteiger partial charge in [-0.25, -0.2) is 8.99 Å². The summed E-state index contributed by atoms with van der Waals surface area (Å²) in [5.74, 6) is 1.04. The normalized spacial score (nSPS) is 15.4. The maximum Gasteiger partial charge on any atom is 0.123 e. The number of benzene rings is 1. The monoisotopic (exact) mass is 255 g/mol. The van der Waals surface area contributed by atoms with Crippen molar-refractivity contribution in [2.45, 2.75) is 38.0 Å². The van der Waals surface area contributed by atoms with Gasteiger partial charge in [0.25, 0.3) is 0 Å². The fraction of sp³-hybridized carbons (Fsp3) is 0.538. The van der Waals surface area contributed by atoms with Gasteiger partial charge in [-0.15, -0.1) is 0 Å². The molecule has 0 aliphatic carbocycles. The van der Waals surface area contributed by atoms with Crippen molar-refractivity contribution < 1.29 is 8.95 Å². The van der Waals surface area contributed by atoms with Gasteiger partial charge in [0.2, 0.25) is 0 Å². The van der Waals surface area contributed by atoms with Crippen molar-refractivity contribution >= 4 is 9.73 Å². The molecule has 1 rings (SSSR count). The van der Waals surface area contributed by atoms with Crippen molar-refractivity contribution in [1.82, 2.24) is 0 Å². The molecule has 0 aliphatic rings. The van der Waals surface area contributed by atoms with E-state index >= 15 is 0 Å². The van der Waals surface area contributed by atoms with Crippen LogP contribution in [0.25, 0.3) is 0 Å². The highest BCUT2D eigenvalue weighted by molar-refractivity contribution is 7.92. The third-order valence-electron chi connectivity index (χ3n) is 2.77. The summed E-state index contributed by atoms with van der Waals surface area (Å²) in [6, 6.07) is 5.43. The minimum Gasteiger partial charge on any atom is -0.496 e. The summed E-state index contributed by atoms with van der Waals surface area (Å²) in [6.45, 7) is 8.06. The summed E-state index contributed by atoms with van der Waals surface area (Å²) in [5, 5.41) is 0. The minimum absolute atomic E-state index is 0.0288. The lowest BCUT2D eigenvalue weighted by Gasteiger charge is -2.22. The quantitative estimate of drug-likeness (QED) is 0.899. The van der Waals surface area contributed by atoms with Gasteiger partial charge in [-0.3, -0.25) is 0 Å². The molecular weight excluding hydrogens is 234 g/mol. The molecule has 0 heterocycles. The number of rotatable bonds is 3. The van der Waals surface area contributed by atoms with Crippen LogP contribution in [0.3, 0.4) is 0 Å². The number of ether oxygens (including phenoxy) is 1. The molecule has 3 nitrogen and oxygen atoms in total. The van der Waals surface area contributed by atoms with Gasteiger partial charge < -0.3 is 4.74 Å². The number of nitrogens with one attached hydrogen (secondary N) is 1. The van der Waals surface area contributed by atoms with Crippen molar-refractivity contribution in [3.63, 3.8) is 0 Å². The van der Waals surface area contributed by atoms with Gasteiger partial charge in [-0.05, 0) is 23.1 Å². The van der Waals surface area contributed by atoms with Gasteiger partial charge in [0, 0.05) is 5.75 Å². The summed E-state index contributed by atoms with van der Waals surface area (Å²) < 4.78 is 25.1. The molecule has 0 fully saturated rings. The molecule has 0 aromatic heterocycles. The van der Waals surface area contributed by atoms with Crippen molar-refractivity contribution in [1.29, 1.82) is 4.78 Å². The van der Waals surface area contributed by atoms with Crippen molar-refractivity contribution in [3.05, 3.63) is 23.8 Å². The van der Waals surface area contributed by atoms with E-state index in [-0.39, 0.29) is 5.41 Å². The van der Waals surface area contributed by atoms with E-state index in [1.54, 1.807) is 26.2 Å². The van der Waals surface area contributed by atoms with E-state index in [1.807, 2.05) is 6.07 Å². The van der Waals surface area contributed by atoms with Crippen LogP contribution >= 0.6 is 0 Å². The fourth-order valence-corrected chi connectivity index (χ4v) is 2.58. The van der Waals surface area contributed by atoms with E-state index in [0.29, 0.717) is 16.4 Å². The summed E-state index contributed by atoms with van der Waals surface area (Å²) in [5.41, 5.74) is 1.04. The Kier molecular flexibility index (Phi) is 3.87. The summed E-state index contributed by atoms with van der Waals surface area (Å²) in [7, 11) is -1.07. The zero-order chi connectivity index (χ0) is 13.3. The van der Waals surface area contributed by atoms with E-state index in [9.17, 15) is 4.21 Å². The lowest BCUT2D eigenvalue weighted by atomic mass is 9.86. The molecule has 1 aromatic rings. The van der Waals surface area contributed by atoms with E-state index in [1.165, 1.54) is 0 Å². The first-order valence-corrected chi connectivity index (χ1v) is 7.40. The van der Waals surface area contributed by atoms with Crippen LogP contribution in [-0.2, 0) is 15.1 Å². The Bertz CT molecular complexity index is 499. The molecule has 17 heavy (non-hydrogen) atoms. The highest BCUT2D eigenvalue weighted by atomic mass is 32.2. The molecule has 0 saturated heterocycles. The third-order valence-corrected chi connectivity index (χ3v) is 4.60. The maximum absolute atomic E-state index is 12.0. The Balaban J connectivity index is 3.38. The van der Waals surface area contributed by atoms with E-state index in [2.05, 4.69) is 20.8 Å². The molecule has 96 valence electrons. The maximum atomic E-state index is 12.0. The Hall–Kier alpha value is -1.03. The van der Waals surface area contributed by atoms with E-state index in [0.717, 1.165) is 5.56 Å². The average Bonchev–Trinajstić information content (AvgIpc) is 2.27.